The highest BCUT2D eigenvalue weighted by Crippen LogP contribution is 2.20. The van der Waals surface area contributed by atoms with Gasteiger partial charge in [0.1, 0.15) is 0 Å². The lowest BCUT2D eigenvalue weighted by Gasteiger charge is -2.22. The first kappa shape index (κ1) is 23.7. The van der Waals surface area contributed by atoms with Crippen molar-refractivity contribution in [3.05, 3.63) is 23.9 Å². The van der Waals surface area contributed by atoms with Crippen molar-refractivity contribution in [3.8, 4) is 5.88 Å². The molecule has 144 valence electrons. The summed E-state index contributed by atoms with van der Waals surface area (Å²) in [5, 5.41) is 3.17. The number of pyridine rings is 1. The van der Waals surface area contributed by atoms with Crippen LogP contribution in [0.3, 0.4) is 0 Å². The minimum absolute atomic E-state index is 0. The molecule has 0 radical (unpaired) electrons. The first-order valence-electron chi connectivity index (χ1n) is 8.00. The van der Waals surface area contributed by atoms with Crippen molar-refractivity contribution in [2.45, 2.75) is 39.4 Å². The largest absolute Gasteiger partial charge is 0.468 e. The number of alkyl halides is 3. The topological polar surface area (TPSA) is 49.8 Å². The van der Waals surface area contributed by atoms with Crippen LogP contribution in [0.4, 0.5) is 13.2 Å². The Kier molecular flexibility index (Phi) is 11.5. The van der Waals surface area contributed by atoms with E-state index in [1.807, 2.05) is 18.9 Å². The second kappa shape index (κ2) is 12.2. The summed E-state index contributed by atoms with van der Waals surface area (Å²) < 4.78 is 41.7. The number of hydrogen-bond donors (Lipinski definition) is 1. The molecule has 0 aliphatic carbocycles. The lowest BCUT2D eigenvalue weighted by Crippen LogP contribution is -2.39. The first-order valence-corrected chi connectivity index (χ1v) is 8.00. The Balaban J connectivity index is 0.00000576. The molecule has 1 aromatic rings. The summed E-state index contributed by atoms with van der Waals surface area (Å²) in [5.74, 6) is 0.669. The van der Waals surface area contributed by atoms with Gasteiger partial charge in [-0.2, -0.15) is 13.2 Å². The van der Waals surface area contributed by atoms with E-state index < -0.39 is 12.8 Å². The minimum Gasteiger partial charge on any atom is -0.468 e. The Morgan fingerprint density at radius 2 is 2.08 bits per heavy atom. The Hall–Kier alpha value is -1.26. The van der Waals surface area contributed by atoms with E-state index in [1.165, 1.54) is 6.20 Å². The van der Waals surface area contributed by atoms with Gasteiger partial charge in [0.2, 0.25) is 5.88 Å². The molecule has 0 saturated carbocycles. The van der Waals surface area contributed by atoms with Crippen LogP contribution in [0, 0.1) is 0 Å². The maximum Gasteiger partial charge on any atom is 0.422 e. The molecule has 0 unspecified atom stereocenters. The predicted octanol–water partition coefficient (Wildman–Crippen LogP) is 3.84. The third kappa shape index (κ3) is 9.71. The monoisotopic (exact) mass is 474 g/mol. The number of hydrogen-bond acceptors (Lipinski definition) is 3. The second-order valence-corrected chi connectivity index (χ2v) is 5.32. The van der Waals surface area contributed by atoms with Crippen molar-refractivity contribution < 1.29 is 17.9 Å². The Morgan fingerprint density at radius 1 is 1.36 bits per heavy atom. The average Bonchev–Trinajstić information content (AvgIpc) is 2.54. The van der Waals surface area contributed by atoms with Crippen molar-refractivity contribution in [1.82, 2.24) is 15.2 Å². The van der Waals surface area contributed by atoms with Gasteiger partial charge < -0.3 is 15.0 Å². The third-order valence-electron chi connectivity index (χ3n) is 3.17. The van der Waals surface area contributed by atoms with E-state index in [1.54, 1.807) is 12.1 Å². The summed E-state index contributed by atoms with van der Waals surface area (Å²) >= 11 is 0. The van der Waals surface area contributed by atoms with E-state index in [0.717, 1.165) is 19.4 Å². The molecule has 0 aromatic carbocycles. The fourth-order valence-corrected chi connectivity index (χ4v) is 1.96. The maximum atomic E-state index is 12.3. The zero-order valence-corrected chi connectivity index (χ0v) is 17.1. The number of ether oxygens (including phenoxy) is 1. The third-order valence-corrected chi connectivity index (χ3v) is 3.17. The molecule has 9 heteroatoms. The standard InChI is InChI=1S/C16H25F3N4O.HI/c1-4-6-10-23(3)15(20-5-2)22-11-13-8-7-9-21-14(13)24-12-16(17,18)19;/h7-9H,4-6,10-12H2,1-3H3,(H,20,22);1H. The summed E-state index contributed by atoms with van der Waals surface area (Å²) in [6.45, 7) is 4.46. The molecule has 1 N–H and O–H groups in total. The molecule has 0 fully saturated rings. The lowest BCUT2D eigenvalue weighted by atomic mass is 10.3. The summed E-state index contributed by atoms with van der Waals surface area (Å²) in [6, 6.07) is 3.32. The molecule has 0 aliphatic heterocycles. The van der Waals surface area contributed by atoms with E-state index in [0.29, 0.717) is 18.1 Å². The second-order valence-electron chi connectivity index (χ2n) is 5.32. The first-order chi connectivity index (χ1) is 11.4. The Labute approximate surface area is 164 Å². The van der Waals surface area contributed by atoms with E-state index in [4.69, 9.17) is 4.74 Å². The number of guanidine groups is 1. The van der Waals surface area contributed by atoms with Crippen LogP contribution in [0.15, 0.2) is 23.3 Å². The average molecular weight is 474 g/mol. The Bertz CT molecular complexity index is 526. The normalized spacial score (nSPS) is 11.7. The van der Waals surface area contributed by atoms with E-state index in [2.05, 4.69) is 22.2 Å². The smallest absolute Gasteiger partial charge is 0.422 e. The van der Waals surface area contributed by atoms with Gasteiger partial charge in [0.15, 0.2) is 12.6 Å². The summed E-state index contributed by atoms with van der Waals surface area (Å²) in [5.41, 5.74) is 0.515. The van der Waals surface area contributed by atoms with Crippen LogP contribution >= 0.6 is 24.0 Å². The summed E-state index contributed by atoms with van der Waals surface area (Å²) in [4.78, 5) is 10.3. The highest BCUT2D eigenvalue weighted by molar-refractivity contribution is 14.0. The van der Waals surface area contributed by atoms with Gasteiger partial charge in [-0.05, 0) is 19.4 Å². The van der Waals surface area contributed by atoms with Crippen LogP contribution in [0.2, 0.25) is 0 Å². The van der Waals surface area contributed by atoms with Gasteiger partial charge in [0.25, 0.3) is 0 Å². The van der Waals surface area contributed by atoms with Gasteiger partial charge in [-0.3, -0.25) is 0 Å². The molecule has 25 heavy (non-hydrogen) atoms. The number of aliphatic imine (C=N–C) groups is 1. The molecule has 1 aromatic heterocycles. The van der Waals surface area contributed by atoms with Crippen molar-refractivity contribution >= 4 is 29.9 Å². The van der Waals surface area contributed by atoms with Crippen molar-refractivity contribution in [2.24, 2.45) is 4.99 Å². The van der Waals surface area contributed by atoms with Crippen LogP contribution in [-0.4, -0.2) is 48.8 Å². The number of nitrogens with one attached hydrogen (secondary N) is 1. The summed E-state index contributed by atoms with van der Waals surface area (Å²) in [6.07, 6.45) is -0.889. The van der Waals surface area contributed by atoms with Gasteiger partial charge >= 0.3 is 6.18 Å². The lowest BCUT2D eigenvalue weighted by molar-refractivity contribution is -0.154. The molecule has 1 rings (SSSR count). The molecule has 0 amide bonds. The van der Waals surface area contributed by atoms with Crippen LogP contribution in [0.25, 0.3) is 0 Å². The number of aromatic nitrogens is 1. The SMILES string of the molecule is CCCCN(C)C(=NCc1cccnc1OCC(F)(F)F)NCC.I. The summed E-state index contributed by atoms with van der Waals surface area (Å²) in [7, 11) is 1.93. The number of nitrogens with zero attached hydrogens (tertiary/aromatic N) is 3. The zero-order valence-electron chi connectivity index (χ0n) is 14.8. The molecule has 0 saturated heterocycles. The maximum absolute atomic E-state index is 12.3. The quantitative estimate of drug-likeness (QED) is 0.354. The van der Waals surface area contributed by atoms with E-state index in [-0.39, 0.29) is 36.4 Å². The van der Waals surface area contributed by atoms with E-state index in [9.17, 15) is 13.2 Å². The fourth-order valence-electron chi connectivity index (χ4n) is 1.96. The number of rotatable bonds is 8. The highest BCUT2D eigenvalue weighted by Gasteiger charge is 2.29. The number of unbranched alkanes of at least 4 members (excludes halogenated alkanes) is 1. The van der Waals surface area contributed by atoms with Crippen LogP contribution in [0.1, 0.15) is 32.3 Å². The Morgan fingerprint density at radius 3 is 2.68 bits per heavy atom. The van der Waals surface area contributed by atoms with E-state index >= 15 is 0 Å². The molecule has 0 bridgehead atoms. The predicted molar refractivity (Wildman–Crippen MR) is 104 cm³/mol. The minimum atomic E-state index is -4.40. The van der Waals surface area contributed by atoms with Gasteiger partial charge in [-0.15, -0.1) is 24.0 Å². The van der Waals surface area contributed by atoms with Crippen molar-refractivity contribution in [1.29, 1.82) is 0 Å². The van der Waals surface area contributed by atoms with Gasteiger partial charge in [-0.1, -0.05) is 19.4 Å². The molecular weight excluding hydrogens is 448 g/mol. The van der Waals surface area contributed by atoms with Crippen LogP contribution in [0.5, 0.6) is 5.88 Å². The van der Waals surface area contributed by atoms with Gasteiger partial charge in [0.05, 0.1) is 6.54 Å². The van der Waals surface area contributed by atoms with Crippen molar-refractivity contribution in [3.63, 3.8) is 0 Å². The molecule has 0 aliphatic rings. The van der Waals surface area contributed by atoms with Gasteiger partial charge in [-0.25, -0.2) is 9.98 Å². The molecule has 0 atom stereocenters. The fraction of sp³-hybridized carbons (Fsp3) is 0.625. The van der Waals surface area contributed by atoms with Crippen LogP contribution < -0.4 is 10.1 Å². The molecule has 0 spiro atoms. The van der Waals surface area contributed by atoms with Crippen LogP contribution in [-0.2, 0) is 6.54 Å². The molecule has 1 heterocycles. The number of halogens is 4. The molecular formula is C16H26F3IN4O. The molecule has 5 nitrogen and oxygen atoms in total. The van der Waals surface area contributed by atoms with Gasteiger partial charge in [0, 0.05) is 31.9 Å². The zero-order chi connectivity index (χ0) is 18.0. The highest BCUT2D eigenvalue weighted by atomic mass is 127. The van der Waals surface area contributed by atoms with Crippen molar-refractivity contribution in [2.75, 3.05) is 26.7 Å².